The highest BCUT2D eigenvalue weighted by molar-refractivity contribution is 6.33. The number of rotatable bonds is 3. The lowest BCUT2D eigenvalue weighted by molar-refractivity contribution is 0.101. The molecule has 6 nitrogen and oxygen atoms in total. The second-order valence-electron chi connectivity index (χ2n) is 7.37. The summed E-state index contributed by atoms with van der Waals surface area (Å²) in [5, 5.41) is 5.45. The zero-order valence-corrected chi connectivity index (χ0v) is 16.5. The standard InChI is InChI=1S/C19H20Cl2N4O2/c1-12(26)14-5-22-25(11-14)19(27)24-9-15-7-23(8-16(15)10-24)6-13-4-17(20)2-3-18(13)21/h2-5,11,15-16H,6-10H2,1H3. The van der Waals surface area contributed by atoms with E-state index in [2.05, 4.69) is 10.00 Å². The van der Waals surface area contributed by atoms with Crippen LogP contribution in [0.25, 0.3) is 0 Å². The van der Waals surface area contributed by atoms with Crippen LogP contribution in [0.3, 0.4) is 0 Å². The number of amides is 1. The summed E-state index contributed by atoms with van der Waals surface area (Å²) in [5.74, 6) is 0.784. The fourth-order valence-corrected chi connectivity index (χ4v) is 4.41. The molecule has 0 bridgehead atoms. The molecule has 0 aliphatic carbocycles. The first kappa shape index (κ1) is 18.5. The summed E-state index contributed by atoms with van der Waals surface area (Å²) in [6.45, 7) is 5.50. The van der Waals surface area contributed by atoms with Crippen LogP contribution in [0, 0.1) is 11.8 Å². The highest BCUT2D eigenvalue weighted by Crippen LogP contribution is 2.33. The van der Waals surface area contributed by atoms with Crippen molar-refractivity contribution in [2.75, 3.05) is 26.2 Å². The van der Waals surface area contributed by atoms with Crippen LogP contribution >= 0.6 is 23.2 Å². The first-order valence-corrected chi connectivity index (χ1v) is 9.67. The van der Waals surface area contributed by atoms with Gasteiger partial charge in [0.25, 0.3) is 0 Å². The SMILES string of the molecule is CC(=O)c1cnn(C(=O)N2CC3CN(Cc4cc(Cl)ccc4Cl)CC3C2)c1. The van der Waals surface area contributed by atoms with Crippen molar-refractivity contribution in [3.05, 3.63) is 51.8 Å². The molecular formula is C19H20Cl2N4O2. The molecule has 8 heteroatoms. The Morgan fingerprint density at radius 3 is 2.48 bits per heavy atom. The number of Topliss-reactive ketones (excluding diaryl/α,β-unsaturated/α-hetero) is 1. The molecule has 142 valence electrons. The fourth-order valence-electron chi connectivity index (χ4n) is 4.04. The Morgan fingerprint density at radius 2 is 1.85 bits per heavy atom. The van der Waals surface area contributed by atoms with Crippen molar-refractivity contribution >= 4 is 35.0 Å². The van der Waals surface area contributed by atoms with Gasteiger partial charge < -0.3 is 4.90 Å². The van der Waals surface area contributed by atoms with Gasteiger partial charge in [-0.25, -0.2) is 4.79 Å². The molecule has 2 atom stereocenters. The van der Waals surface area contributed by atoms with E-state index in [0.29, 0.717) is 35.5 Å². The zero-order valence-electron chi connectivity index (χ0n) is 14.9. The van der Waals surface area contributed by atoms with E-state index in [0.717, 1.165) is 30.2 Å². The van der Waals surface area contributed by atoms with E-state index < -0.39 is 0 Å². The van der Waals surface area contributed by atoms with Gasteiger partial charge in [0.1, 0.15) is 0 Å². The summed E-state index contributed by atoms with van der Waals surface area (Å²) >= 11 is 12.4. The Bertz CT molecular complexity index is 884. The normalized spacial score (nSPS) is 22.3. The first-order chi connectivity index (χ1) is 12.9. The van der Waals surface area contributed by atoms with Gasteiger partial charge >= 0.3 is 6.03 Å². The van der Waals surface area contributed by atoms with Crippen LogP contribution in [0.1, 0.15) is 22.8 Å². The Balaban J connectivity index is 1.37. The lowest BCUT2D eigenvalue weighted by atomic mass is 10.0. The Hall–Kier alpha value is -1.89. The van der Waals surface area contributed by atoms with Gasteiger partial charge in [-0.1, -0.05) is 23.2 Å². The number of hydrogen-bond donors (Lipinski definition) is 0. The molecule has 2 fully saturated rings. The van der Waals surface area contributed by atoms with Crippen molar-refractivity contribution in [2.45, 2.75) is 13.5 Å². The number of benzene rings is 1. The van der Waals surface area contributed by atoms with E-state index in [1.807, 2.05) is 17.0 Å². The molecule has 0 N–H and O–H groups in total. The van der Waals surface area contributed by atoms with Gasteiger partial charge in [0, 0.05) is 49.0 Å². The maximum Gasteiger partial charge on any atom is 0.344 e. The summed E-state index contributed by atoms with van der Waals surface area (Å²) < 4.78 is 1.27. The van der Waals surface area contributed by atoms with Crippen LogP contribution in [-0.4, -0.2) is 57.6 Å². The van der Waals surface area contributed by atoms with E-state index in [1.165, 1.54) is 24.0 Å². The predicted molar refractivity (Wildman–Crippen MR) is 103 cm³/mol. The summed E-state index contributed by atoms with van der Waals surface area (Å²) in [6, 6.07) is 5.37. The second kappa shape index (κ2) is 7.26. The number of ketones is 1. The van der Waals surface area contributed by atoms with E-state index >= 15 is 0 Å². The van der Waals surface area contributed by atoms with E-state index in [-0.39, 0.29) is 11.8 Å². The molecule has 0 saturated carbocycles. The lowest BCUT2D eigenvalue weighted by Crippen LogP contribution is -2.36. The highest BCUT2D eigenvalue weighted by atomic mass is 35.5. The number of fused-ring (bicyclic) bond motifs is 1. The molecular weight excluding hydrogens is 387 g/mol. The van der Waals surface area contributed by atoms with Crippen LogP contribution < -0.4 is 0 Å². The number of carbonyl (C=O) groups excluding carboxylic acids is 2. The van der Waals surface area contributed by atoms with Gasteiger partial charge in [-0.2, -0.15) is 9.78 Å². The molecule has 3 heterocycles. The summed E-state index contributed by atoms with van der Waals surface area (Å²) in [5.41, 5.74) is 1.48. The minimum absolute atomic E-state index is 0.0948. The van der Waals surface area contributed by atoms with Crippen LogP contribution in [-0.2, 0) is 6.54 Å². The average Bonchev–Trinajstić information content (AvgIpc) is 3.31. The molecule has 0 radical (unpaired) electrons. The minimum Gasteiger partial charge on any atom is -0.322 e. The van der Waals surface area contributed by atoms with Crippen molar-refractivity contribution in [1.82, 2.24) is 19.6 Å². The van der Waals surface area contributed by atoms with Crippen LogP contribution in [0.15, 0.2) is 30.6 Å². The molecule has 2 aliphatic rings. The topological polar surface area (TPSA) is 58.4 Å². The molecule has 2 unspecified atom stereocenters. The van der Waals surface area contributed by atoms with Crippen molar-refractivity contribution in [1.29, 1.82) is 0 Å². The fraction of sp³-hybridized carbons (Fsp3) is 0.421. The molecule has 0 spiro atoms. The quantitative estimate of drug-likeness (QED) is 0.732. The molecule has 1 aromatic heterocycles. The lowest BCUT2D eigenvalue weighted by Gasteiger charge is -2.21. The third kappa shape index (κ3) is 3.74. The highest BCUT2D eigenvalue weighted by Gasteiger charge is 2.42. The number of carbonyl (C=O) groups is 2. The monoisotopic (exact) mass is 406 g/mol. The molecule has 1 amide bonds. The number of hydrogen-bond acceptors (Lipinski definition) is 4. The minimum atomic E-state index is -0.165. The third-order valence-corrected chi connectivity index (χ3v) is 6.02. The summed E-state index contributed by atoms with van der Waals surface area (Å²) in [6.07, 6.45) is 2.94. The van der Waals surface area contributed by atoms with Gasteiger partial charge in [-0.3, -0.25) is 9.69 Å². The Morgan fingerprint density at radius 1 is 1.15 bits per heavy atom. The average molecular weight is 407 g/mol. The molecule has 2 aromatic rings. The zero-order chi connectivity index (χ0) is 19.1. The summed E-state index contributed by atoms with van der Waals surface area (Å²) in [4.78, 5) is 28.2. The number of aromatic nitrogens is 2. The molecule has 27 heavy (non-hydrogen) atoms. The maximum absolute atomic E-state index is 12.6. The summed E-state index contributed by atoms with van der Waals surface area (Å²) in [7, 11) is 0. The Labute approximate surface area is 167 Å². The van der Waals surface area contributed by atoms with Crippen molar-refractivity contribution in [3.63, 3.8) is 0 Å². The predicted octanol–water partition coefficient (Wildman–Crippen LogP) is 3.42. The number of nitrogens with zero attached hydrogens (tertiary/aromatic N) is 4. The van der Waals surface area contributed by atoms with E-state index in [4.69, 9.17) is 23.2 Å². The van der Waals surface area contributed by atoms with Gasteiger partial charge in [0.05, 0.1) is 11.8 Å². The van der Waals surface area contributed by atoms with Gasteiger partial charge in [0.2, 0.25) is 0 Å². The molecule has 2 saturated heterocycles. The maximum atomic E-state index is 12.6. The van der Waals surface area contributed by atoms with Crippen LogP contribution in [0.5, 0.6) is 0 Å². The third-order valence-electron chi connectivity index (χ3n) is 5.42. The number of halogens is 2. The number of likely N-dealkylation sites (tertiary alicyclic amines) is 2. The van der Waals surface area contributed by atoms with Crippen LogP contribution in [0.2, 0.25) is 10.0 Å². The van der Waals surface area contributed by atoms with Gasteiger partial charge in [0.15, 0.2) is 5.78 Å². The second-order valence-corrected chi connectivity index (χ2v) is 8.21. The van der Waals surface area contributed by atoms with Crippen LogP contribution in [0.4, 0.5) is 4.79 Å². The van der Waals surface area contributed by atoms with Gasteiger partial charge in [-0.05, 0) is 42.5 Å². The largest absolute Gasteiger partial charge is 0.344 e. The Kier molecular flexibility index (Phi) is 4.97. The van der Waals surface area contributed by atoms with Crippen molar-refractivity contribution < 1.29 is 9.59 Å². The van der Waals surface area contributed by atoms with E-state index in [9.17, 15) is 9.59 Å². The van der Waals surface area contributed by atoms with Crippen molar-refractivity contribution in [3.8, 4) is 0 Å². The first-order valence-electron chi connectivity index (χ1n) is 8.92. The molecule has 1 aromatic carbocycles. The van der Waals surface area contributed by atoms with E-state index in [1.54, 1.807) is 6.07 Å². The van der Waals surface area contributed by atoms with Gasteiger partial charge in [-0.15, -0.1) is 0 Å². The molecule has 4 rings (SSSR count). The smallest absolute Gasteiger partial charge is 0.322 e. The van der Waals surface area contributed by atoms with Crippen molar-refractivity contribution in [2.24, 2.45) is 11.8 Å². The molecule has 2 aliphatic heterocycles.